The minimum absolute atomic E-state index is 0.0640. The Morgan fingerprint density at radius 3 is 2.67 bits per heavy atom. The van der Waals surface area contributed by atoms with Crippen LogP contribution >= 0.6 is 11.6 Å². The Morgan fingerprint density at radius 2 is 2.02 bits per heavy atom. The minimum Gasteiger partial charge on any atom is -0.378 e. The molecule has 0 amide bonds. The van der Waals surface area contributed by atoms with Gasteiger partial charge in [-0.1, -0.05) is 22.9 Å². The van der Waals surface area contributed by atoms with Crippen molar-refractivity contribution in [1.82, 2.24) is 25.0 Å². The molecule has 13 heteroatoms. The van der Waals surface area contributed by atoms with Gasteiger partial charge in [-0.3, -0.25) is 4.98 Å². The van der Waals surface area contributed by atoms with Gasteiger partial charge < -0.3 is 15.4 Å². The van der Waals surface area contributed by atoms with Gasteiger partial charge in [0.25, 0.3) is 6.43 Å². The van der Waals surface area contributed by atoms with Crippen LogP contribution in [0.15, 0.2) is 36.7 Å². The number of halogens is 4. The molecule has 4 aromatic rings. The van der Waals surface area contributed by atoms with E-state index in [0.717, 1.165) is 6.42 Å². The van der Waals surface area contributed by atoms with Gasteiger partial charge in [0.05, 0.1) is 45.7 Å². The molecule has 1 aromatic carbocycles. The normalized spacial score (nSPS) is 19.5. The standard InChI is InChI=1S/C29H28ClF3N8O/c1-15-18(4-5-23(31)36-15)26(21-14-41(40-39-21)29(7-8-29)27(32)33)37-17-10-19-24(38-22-6-9-42-28(22,2)3)16(12-34)13-35-25(19)20(30)11-17/h4-5,10-11,13-14,22,26-27,37H,6-9H2,1-3H3,(H,35,38)/t22-,26+/m1/s1. The van der Waals surface area contributed by atoms with Gasteiger partial charge in [-0.25, -0.2) is 18.4 Å². The summed E-state index contributed by atoms with van der Waals surface area (Å²) in [6.07, 6.45) is 1.74. The molecule has 1 aliphatic carbocycles. The quantitative estimate of drug-likeness (QED) is 0.234. The molecule has 3 aromatic heterocycles. The number of hydrogen-bond donors (Lipinski definition) is 2. The summed E-state index contributed by atoms with van der Waals surface area (Å²) in [6.45, 7) is 6.22. The predicted octanol–water partition coefficient (Wildman–Crippen LogP) is 6.13. The first kappa shape index (κ1) is 28.2. The van der Waals surface area contributed by atoms with E-state index in [2.05, 4.69) is 37.0 Å². The number of nitrogens with one attached hydrogen (secondary N) is 2. The van der Waals surface area contributed by atoms with E-state index in [1.807, 2.05) is 19.9 Å². The monoisotopic (exact) mass is 596 g/mol. The molecule has 6 rings (SSSR count). The van der Waals surface area contributed by atoms with E-state index < -0.39 is 29.6 Å². The van der Waals surface area contributed by atoms with E-state index in [4.69, 9.17) is 16.3 Å². The number of anilines is 2. The third-order valence-corrected chi connectivity index (χ3v) is 8.52. The summed E-state index contributed by atoms with van der Waals surface area (Å²) >= 11 is 6.72. The summed E-state index contributed by atoms with van der Waals surface area (Å²) in [7, 11) is 0. The number of fused-ring (bicyclic) bond motifs is 1. The first-order chi connectivity index (χ1) is 20.0. The molecule has 9 nitrogen and oxygen atoms in total. The van der Waals surface area contributed by atoms with Crippen LogP contribution in [-0.2, 0) is 10.3 Å². The van der Waals surface area contributed by atoms with E-state index >= 15 is 0 Å². The van der Waals surface area contributed by atoms with Crippen LogP contribution in [0.5, 0.6) is 0 Å². The Labute approximate surface area is 245 Å². The molecule has 2 N–H and O–H groups in total. The van der Waals surface area contributed by atoms with Crippen LogP contribution in [0, 0.1) is 24.2 Å². The van der Waals surface area contributed by atoms with Crippen LogP contribution in [0.4, 0.5) is 24.5 Å². The van der Waals surface area contributed by atoms with Crippen molar-refractivity contribution < 1.29 is 17.9 Å². The molecule has 2 atom stereocenters. The summed E-state index contributed by atoms with van der Waals surface area (Å²) in [5.74, 6) is -0.647. The number of ether oxygens (including phenoxy) is 1. The molecule has 0 unspecified atom stereocenters. The molecule has 1 aliphatic heterocycles. The molecule has 2 fully saturated rings. The fourth-order valence-electron chi connectivity index (χ4n) is 5.52. The van der Waals surface area contributed by atoms with E-state index in [0.29, 0.717) is 69.3 Å². The minimum atomic E-state index is -2.59. The Hall–Kier alpha value is -3.95. The van der Waals surface area contributed by atoms with Crippen molar-refractivity contribution in [3.05, 3.63) is 70.1 Å². The second-order valence-electron chi connectivity index (χ2n) is 11.3. The van der Waals surface area contributed by atoms with Crippen LogP contribution < -0.4 is 10.6 Å². The van der Waals surface area contributed by atoms with Crippen molar-refractivity contribution in [1.29, 1.82) is 5.26 Å². The van der Waals surface area contributed by atoms with Crippen LogP contribution in [0.25, 0.3) is 10.9 Å². The van der Waals surface area contributed by atoms with Crippen molar-refractivity contribution in [2.45, 2.75) is 69.7 Å². The van der Waals surface area contributed by atoms with Crippen molar-refractivity contribution in [2.75, 3.05) is 17.2 Å². The fraction of sp³-hybridized carbons (Fsp3) is 0.414. The van der Waals surface area contributed by atoms with Crippen molar-refractivity contribution in [3.63, 3.8) is 0 Å². The molecular formula is C29H28ClF3N8O. The molecular weight excluding hydrogens is 569 g/mol. The van der Waals surface area contributed by atoms with Crippen LogP contribution in [0.3, 0.4) is 0 Å². The van der Waals surface area contributed by atoms with Crippen LogP contribution in [0.2, 0.25) is 5.02 Å². The lowest BCUT2D eigenvalue weighted by Gasteiger charge is -2.28. The largest absolute Gasteiger partial charge is 0.378 e. The summed E-state index contributed by atoms with van der Waals surface area (Å²) in [4.78, 5) is 8.39. The maximum Gasteiger partial charge on any atom is 0.263 e. The first-order valence-electron chi connectivity index (χ1n) is 13.6. The van der Waals surface area contributed by atoms with Gasteiger partial charge >= 0.3 is 0 Å². The lowest BCUT2D eigenvalue weighted by Crippen LogP contribution is -2.38. The van der Waals surface area contributed by atoms with Gasteiger partial charge in [0, 0.05) is 35.1 Å². The van der Waals surface area contributed by atoms with Gasteiger partial charge in [-0.2, -0.15) is 9.65 Å². The number of rotatable bonds is 8. The van der Waals surface area contributed by atoms with E-state index in [-0.39, 0.29) is 6.04 Å². The Kier molecular flexibility index (Phi) is 6.98. The smallest absolute Gasteiger partial charge is 0.263 e. The lowest BCUT2D eigenvalue weighted by atomic mass is 9.97. The maximum atomic E-state index is 13.9. The van der Waals surface area contributed by atoms with Crippen molar-refractivity contribution >= 4 is 33.9 Å². The number of nitrogens with zero attached hydrogens (tertiary/aromatic N) is 6. The highest BCUT2D eigenvalue weighted by atomic mass is 35.5. The highest BCUT2D eigenvalue weighted by Gasteiger charge is 2.54. The molecule has 4 heterocycles. The fourth-order valence-corrected chi connectivity index (χ4v) is 5.79. The first-order valence-corrected chi connectivity index (χ1v) is 13.9. The van der Waals surface area contributed by atoms with Crippen LogP contribution in [-0.4, -0.2) is 49.6 Å². The number of alkyl halides is 2. The van der Waals surface area contributed by atoms with E-state index in [1.54, 1.807) is 19.1 Å². The van der Waals surface area contributed by atoms with Crippen molar-refractivity contribution in [2.24, 2.45) is 0 Å². The van der Waals surface area contributed by atoms with E-state index in [1.165, 1.54) is 23.1 Å². The highest BCUT2D eigenvalue weighted by molar-refractivity contribution is 6.35. The molecule has 218 valence electrons. The Morgan fingerprint density at radius 1 is 1.24 bits per heavy atom. The summed E-state index contributed by atoms with van der Waals surface area (Å²) in [6, 6.07) is 7.70. The number of hydrogen-bond acceptors (Lipinski definition) is 8. The maximum absolute atomic E-state index is 13.9. The zero-order chi connectivity index (χ0) is 29.8. The summed E-state index contributed by atoms with van der Waals surface area (Å²) < 4.78 is 48.7. The topological polar surface area (TPSA) is 114 Å². The molecule has 1 saturated carbocycles. The third kappa shape index (κ3) is 4.90. The second-order valence-corrected chi connectivity index (χ2v) is 11.7. The second kappa shape index (κ2) is 10.4. The molecule has 0 spiro atoms. The molecule has 0 bridgehead atoms. The highest BCUT2D eigenvalue weighted by Crippen LogP contribution is 2.48. The molecule has 2 aliphatic rings. The number of nitriles is 1. The third-order valence-electron chi connectivity index (χ3n) is 8.23. The number of aromatic nitrogens is 5. The molecule has 1 saturated heterocycles. The van der Waals surface area contributed by atoms with Gasteiger partial charge in [-0.15, -0.1) is 5.10 Å². The SMILES string of the molecule is Cc1nc(F)ccc1[C@H](Nc1cc(Cl)c2ncc(C#N)c(N[C@@H]3CCOC3(C)C)c2c1)c1cn(C2(C(F)F)CC2)nn1. The van der Waals surface area contributed by atoms with Crippen molar-refractivity contribution in [3.8, 4) is 6.07 Å². The molecule has 0 radical (unpaired) electrons. The zero-order valence-electron chi connectivity index (χ0n) is 23.1. The Bertz CT molecular complexity index is 1720. The predicted molar refractivity (Wildman–Crippen MR) is 151 cm³/mol. The van der Waals surface area contributed by atoms with Crippen LogP contribution in [0.1, 0.15) is 61.7 Å². The van der Waals surface area contributed by atoms with Gasteiger partial charge in [0.2, 0.25) is 5.95 Å². The average Bonchev–Trinajstić information content (AvgIpc) is 3.49. The lowest BCUT2D eigenvalue weighted by molar-refractivity contribution is 0.0315. The average molecular weight is 597 g/mol. The Balaban J connectivity index is 1.44. The molecule has 42 heavy (non-hydrogen) atoms. The van der Waals surface area contributed by atoms with E-state index in [9.17, 15) is 18.4 Å². The number of pyridine rings is 2. The van der Waals surface area contributed by atoms with Gasteiger partial charge in [0.15, 0.2) is 0 Å². The van der Waals surface area contributed by atoms with Gasteiger partial charge in [0.1, 0.15) is 17.3 Å². The zero-order valence-corrected chi connectivity index (χ0v) is 23.9. The number of aryl methyl sites for hydroxylation is 1. The van der Waals surface area contributed by atoms with Gasteiger partial charge in [-0.05, 0) is 58.2 Å². The summed E-state index contributed by atoms with van der Waals surface area (Å²) in [5.41, 5.74) is 1.45. The summed E-state index contributed by atoms with van der Waals surface area (Å²) in [5, 5.41) is 26.0. The number of benzene rings is 1.